The Morgan fingerprint density at radius 1 is 1.26 bits per heavy atom. The van der Waals surface area contributed by atoms with E-state index >= 15 is 0 Å². The van der Waals surface area contributed by atoms with E-state index < -0.39 is 0 Å². The highest BCUT2D eigenvalue weighted by atomic mass is 16.3. The van der Waals surface area contributed by atoms with Gasteiger partial charge in [-0.05, 0) is 31.6 Å². The zero-order chi connectivity index (χ0) is 14.0. The third kappa shape index (κ3) is 3.47. The van der Waals surface area contributed by atoms with Gasteiger partial charge in [0.1, 0.15) is 0 Å². The molecule has 1 heterocycles. The molecule has 0 radical (unpaired) electrons. The quantitative estimate of drug-likeness (QED) is 0.809. The molecule has 0 aromatic heterocycles. The Morgan fingerprint density at radius 2 is 1.84 bits per heavy atom. The lowest BCUT2D eigenvalue weighted by Gasteiger charge is -2.37. The van der Waals surface area contributed by atoms with Gasteiger partial charge in [-0.3, -0.25) is 9.59 Å². The summed E-state index contributed by atoms with van der Waals surface area (Å²) in [7, 11) is 1.85. The number of likely N-dealkylation sites (tertiary alicyclic amines) is 1. The number of amides is 2. The molecular formula is C14H24N2O3. The van der Waals surface area contributed by atoms with Gasteiger partial charge in [-0.1, -0.05) is 0 Å². The number of hydrogen-bond acceptors (Lipinski definition) is 3. The smallest absolute Gasteiger partial charge is 0.225 e. The Bertz CT molecular complexity index is 345. The summed E-state index contributed by atoms with van der Waals surface area (Å²) in [5.74, 6) is 0.819. The van der Waals surface area contributed by atoms with Crippen LogP contribution >= 0.6 is 0 Å². The normalized spacial score (nSPS) is 27.8. The van der Waals surface area contributed by atoms with Crippen LogP contribution in [0.5, 0.6) is 0 Å². The summed E-state index contributed by atoms with van der Waals surface area (Å²) in [5, 5.41) is 9.26. The molecule has 1 saturated heterocycles. The summed E-state index contributed by atoms with van der Waals surface area (Å²) < 4.78 is 0. The van der Waals surface area contributed by atoms with Crippen LogP contribution < -0.4 is 0 Å². The zero-order valence-electron chi connectivity index (χ0n) is 11.8. The van der Waals surface area contributed by atoms with Crippen LogP contribution in [0, 0.1) is 11.8 Å². The summed E-state index contributed by atoms with van der Waals surface area (Å²) in [6.45, 7) is 3.72. The molecule has 0 spiro atoms. The van der Waals surface area contributed by atoms with E-state index in [1.807, 2.05) is 16.8 Å². The second-order valence-electron chi connectivity index (χ2n) is 5.99. The molecule has 0 aromatic rings. The maximum absolute atomic E-state index is 12.3. The molecular weight excluding hydrogens is 244 g/mol. The van der Waals surface area contributed by atoms with Gasteiger partial charge in [-0.15, -0.1) is 0 Å². The second kappa shape index (κ2) is 5.90. The average Bonchev–Trinajstić information content (AvgIpc) is 2.36. The molecule has 2 amide bonds. The van der Waals surface area contributed by atoms with Crippen LogP contribution in [0.3, 0.4) is 0 Å². The van der Waals surface area contributed by atoms with Crippen LogP contribution in [0.25, 0.3) is 0 Å². The van der Waals surface area contributed by atoms with Gasteiger partial charge in [-0.2, -0.15) is 0 Å². The van der Waals surface area contributed by atoms with Crippen molar-refractivity contribution in [2.75, 3.05) is 26.7 Å². The van der Waals surface area contributed by atoms with E-state index in [9.17, 15) is 14.7 Å². The van der Waals surface area contributed by atoms with E-state index in [1.165, 1.54) is 0 Å². The first-order chi connectivity index (χ1) is 8.97. The van der Waals surface area contributed by atoms with Gasteiger partial charge >= 0.3 is 0 Å². The molecule has 0 unspecified atom stereocenters. The van der Waals surface area contributed by atoms with Gasteiger partial charge < -0.3 is 14.9 Å². The maximum Gasteiger partial charge on any atom is 0.225 e. The summed E-state index contributed by atoms with van der Waals surface area (Å²) in [4.78, 5) is 27.2. The highest BCUT2D eigenvalue weighted by Gasteiger charge is 2.32. The molecule has 2 rings (SSSR count). The third-order valence-corrected chi connectivity index (χ3v) is 4.41. The molecule has 0 atom stereocenters. The van der Waals surface area contributed by atoms with Crippen molar-refractivity contribution in [3.8, 4) is 0 Å². The molecule has 1 N–H and O–H groups in total. The fourth-order valence-corrected chi connectivity index (χ4v) is 3.08. The van der Waals surface area contributed by atoms with Crippen LogP contribution in [0.4, 0.5) is 0 Å². The van der Waals surface area contributed by atoms with Crippen molar-refractivity contribution in [3.05, 3.63) is 0 Å². The summed E-state index contributed by atoms with van der Waals surface area (Å²) >= 11 is 0. The van der Waals surface area contributed by atoms with E-state index in [4.69, 9.17) is 0 Å². The largest absolute Gasteiger partial charge is 0.393 e. The SMILES string of the molecule is CC(=O)N1CCC(C(=O)N(C)CC2CC(O)C2)CC1. The highest BCUT2D eigenvalue weighted by molar-refractivity contribution is 5.79. The summed E-state index contributed by atoms with van der Waals surface area (Å²) in [5.41, 5.74) is 0. The van der Waals surface area contributed by atoms with Crippen LogP contribution in [0.1, 0.15) is 32.6 Å². The molecule has 2 aliphatic rings. The molecule has 5 heteroatoms. The lowest BCUT2D eigenvalue weighted by atomic mass is 9.82. The minimum Gasteiger partial charge on any atom is -0.393 e. The minimum absolute atomic E-state index is 0.0607. The molecule has 1 aliphatic heterocycles. The number of carbonyl (C=O) groups excluding carboxylic acids is 2. The lowest BCUT2D eigenvalue weighted by Crippen LogP contribution is -2.45. The highest BCUT2D eigenvalue weighted by Crippen LogP contribution is 2.28. The number of rotatable bonds is 3. The predicted molar refractivity (Wildman–Crippen MR) is 71.3 cm³/mol. The van der Waals surface area contributed by atoms with Crippen LogP contribution in [-0.4, -0.2) is 59.5 Å². The number of aliphatic hydroxyl groups is 1. The monoisotopic (exact) mass is 268 g/mol. The van der Waals surface area contributed by atoms with E-state index in [1.54, 1.807) is 6.92 Å². The van der Waals surface area contributed by atoms with Crippen molar-refractivity contribution < 1.29 is 14.7 Å². The Morgan fingerprint density at radius 3 is 2.32 bits per heavy atom. The van der Waals surface area contributed by atoms with E-state index in [0.717, 1.165) is 32.2 Å². The lowest BCUT2D eigenvalue weighted by molar-refractivity contribution is -0.140. The molecule has 19 heavy (non-hydrogen) atoms. The number of carbonyl (C=O) groups is 2. The van der Waals surface area contributed by atoms with Crippen molar-refractivity contribution in [1.82, 2.24) is 9.80 Å². The van der Waals surface area contributed by atoms with E-state index in [2.05, 4.69) is 0 Å². The number of piperidine rings is 1. The van der Waals surface area contributed by atoms with E-state index in [-0.39, 0.29) is 23.8 Å². The first-order valence-corrected chi connectivity index (χ1v) is 7.16. The summed E-state index contributed by atoms with van der Waals surface area (Å²) in [6, 6.07) is 0. The Labute approximate surface area is 114 Å². The molecule has 1 saturated carbocycles. The van der Waals surface area contributed by atoms with Crippen molar-refractivity contribution in [1.29, 1.82) is 0 Å². The standard InChI is InChI=1S/C14H24N2O3/c1-10(17)16-5-3-12(4-6-16)14(19)15(2)9-11-7-13(18)8-11/h11-13,18H,3-9H2,1-2H3. The number of nitrogens with zero attached hydrogens (tertiary/aromatic N) is 2. The first kappa shape index (κ1) is 14.3. The van der Waals surface area contributed by atoms with Gasteiger partial charge in [0, 0.05) is 39.5 Å². The molecule has 108 valence electrons. The van der Waals surface area contributed by atoms with Gasteiger partial charge in [0.2, 0.25) is 11.8 Å². The van der Waals surface area contributed by atoms with Gasteiger partial charge in [0.15, 0.2) is 0 Å². The van der Waals surface area contributed by atoms with Crippen LogP contribution in [-0.2, 0) is 9.59 Å². The number of hydrogen-bond donors (Lipinski definition) is 1. The zero-order valence-corrected chi connectivity index (χ0v) is 11.8. The predicted octanol–water partition coefficient (Wildman–Crippen LogP) is 0.474. The first-order valence-electron chi connectivity index (χ1n) is 7.16. The van der Waals surface area contributed by atoms with Gasteiger partial charge in [0.25, 0.3) is 0 Å². The Hall–Kier alpha value is -1.10. The van der Waals surface area contributed by atoms with Crippen LogP contribution in [0.2, 0.25) is 0 Å². The topological polar surface area (TPSA) is 60.9 Å². The molecule has 1 aliphatic carbocycles. The minimum atomic E-state index is -0.160. The fraction of sp³-hybridized carbons (Fsp3) is 0.857. The average molecular weight is 268 g/mol. The van der Waals surface area contributed by atoms with Crippen molar-refractivity contribution in [2.24, 2.45) is 11.8 Å². The van der Waals surface area contributed by atoms with Gasteiger partial charge in [-0.25, -0.2) is 0 Å². The molecule has 0 aromatic carbocycles. The van der Waals surface area contributed by atoms with E-state index in [0.29, 0.717) is 19.0 Å². The van der Waals surface area contributed by atoms with Gasteiger partial charge in [0.05, 0.1) is 6.10 Å². The van der Waals surface area contributed by atoms with Crippen molar-refractivity contribution in [3.63, 3.8) is 0 Å². The Balaban J connectivity index is 1.75. The maximum atomic E-state index is 12.3. The van der Waals surface area contributed by atoms with Crippen LogP contribution in [0.15, 0.2) is 0 Å². The summed E-state index contributed by atoms with van der Waals surface area (Å²) in [6.07, 6.45) is 3.03. The molecule has 0 bridgehead atoms. The molecule has 2 fully saturated rings. The third-order valence-electron chi connectivity index (χ3n) is 4.41. The van der Waals surface area contributed by atoms with Crippen molar-refractivity contribution >= 4 is 11.8 Å². The van der Waals surface area contributed by atoms with Crippen molar-refractivity contribution in [2.45, 2.75) is 38.7 Å². The Kier molecular flexibility index (Phi) is 4.45. The number of aliphatic hydroxyl groups excluding tert-OH is 1. The fourth-order valence-electron chi connectivity index (χ4n) is 3.08. The molecule has 5 nitrogen and oxygen atoms in total. The second-order valence-corrected chi connectivity index (χ2v) is 5.99.